The van der Waals surface area contributed by atoms with Crippen molar-refractivity contribution >= 4 is 6.09 Å². The number of hydrogen-bond donors (Lipinski definition) is 1. The van der Waals surface area contributed by atoms with Gasteiger partial charge in [-0.1, -0.05) is 13.8 Å². The van der Waals surface area contributed by atoms with Crippen molar-refractivity contribution in [1.82, 2.24) is 20.3 Å². The van der Waals surface area contributed by atoms with Crippen molar-refractivity contribution in [3.8, 4) is 17.1 Å². The van der Waals surface area contributed by atoms with Gasteiger partial charge >= 0.3 is 6.09 Å². The van der Waals surface area contributed by atoms with E-state index >= 15 is 0 Å². The largest absolute Gasteiger partial charge is 0.489 e. The molecule has 0 aromatic carbocycles. The summed E-state index contributed by atoms with van der Waals surface area (Å²) in [5.74, 6) is -0.765. The van der Waals surface area contributed by atoms with Crippen LogP contribution in [0.15, 0.2) is 24.4 Å². The van der Waals surface area contributed by atoms with Crippen molar-refractivity contribution in [3.63, 3.8) is 0 Å². The molecule has 0 bridgehead atoms. The number of ether oxygens (including phenoxy) is 2. The molecule has 0 fully saturated rings. The molecule has 188 valence electrons. The van der Waals surface area contributed by atoms with Crippen LogP contribution in [0.5, 0.6) is 5.75 Å². The van der Waals surface area contributed by atoms with Crippen LogP contribution in [0.1, 0.15) is 72.3 Å². The van der Waals surface area contributed by atoms with Gasteiger partial charge in [0.25, 0.3) is 12.9 Å². The van der Waals surface area contributed by atoms with Gasteiger partial charge in [-0.25, -0.2) is 37.3 Å². The lowest BCUT2D eigenvalue weighted by atomic mass is 9.91. The van der Waals surface area contributed by atoms with Gasteiger partial charge < -0.3 is 14.8 Å². The van der Waals surface area contributed by atoms with Gasteiger partial charge in [0.05, 0.1) is 16.9 Å². The number of nitrogens with one attached hydrogen (secondary N) is 1. The molecule has 34 heavy (non-hydrogen) atoms. The molecule has 0 aliphatic carbocycles. The summed E-state index contributed by atoms with van der Waals surface area (Å²) in [7, 11) is 0. The molecule has 2 rings (SSSR count). The van der Waals surface area contributed by atoms with E-state index in [-0.39, 0.29) is 29.7 Å². The third-order valence-corrected chi connectivity index (χ3v) is 4.43. The smallest absolute Gasteiger partial charge is 0.408 e. The van der Waals surface area contributed by atoms with Gasteiger partial charge in [0.15, 0.2) is 5.82 Å². The number of carbonyl (C=O) groups is 1. The summed E-state index contributed by atoms with van der Waals surface area (Å²) < 4.78 is 64.3. The second-order valence-corrected chi connectivity index (χ2v) is 9.56. The molecule has 0 radical (unpaired) electrons. The third-order valence-electron chi connectivity index (χ3n) is 4.43. The van der Waals surface area contributed by atoms with Crippen LogP contribution in [0, 0.1) is 5.92 Å². The normalized spacial score (nSPS) is 13.8. The Bertz CT molecular complexity index is 983. The molecular weight excluding hydrogens is 456 g/mol. The maximum absolute atomic E-state index is 13.8. The molecule has 2 aromatic rings. The minimum absolute atomic E-state index is 0.0185. The van der Waals surface area contributed by atoms with Crippen LogP contribution in [0.2, 0.25) is 0 Å². The Kier molecular flexibility index (Phi) is 8.79. The van der Waals surface area contributed by atoms with E-state index in [1.807, 2.05) is 13.8 Å². The predicted octanol–water partition coefficient (Wildman–Crippen LogP) is 6.12. The number of rotatable bonds is 9. The lowest BCUT2D eigenvalue weighted by Gasteiger charge is -2.33. The van der Waals surface area contributed by atoms with E-state index in [4.69, 9.17) is 9.47 Å². The van der Waals surface area contributed by atoms with Gasteiger partial charge in [0, 0.05) is 6.20 Å². The van der Waals surface area contributed by atoms with Gasteiger partial charge in [0.1, 0.15) is 23.7 Å². The van der Waals surface area contributed by atoms with Crippen molar-refractivity contribution < 1.29 is 31.8 Å². The van der Waals surface area contributed by atoms with Crippen LogP contribution in [0.4, 0.5) is 22.4 Å². The average molecular weight is 487 g/mol. The highest BCUT2D eigenvalue weighted by Gasteiger charge is 2.32. The fraction of sp³-hybridized carbons (Fsp3) is 0.565. The lowest BCUT2D eigenvalue weighted by molar-refractivity contribution is 0.0404. The zero-order chi connectivity index (χ0) is 25.7. The SMILES string of the molecule is CC(C)C[C@@](C)(COc1ccc(-c2ccnc(C(F)F)n2)nc1C(F)F)NC(=O)OC(C)(C)C. The fourth-order valence-electron chi connectivity index (χ4n) is 3.34. The van der Waals surface area contributed by atoms with Crippen LogP contribution in [-0.2, 0) is 4.74 Å². The van der Waals surface area contributed by atoms with Crippen LogP contribution in [0.3, 0.4) is 0 Å². The molecule has 2 aromatic heterocycles. The number of aromatic nitrogens is 3. The highest BCUT2D eigenvalue weighted by atomic mass is 19.3. The molecule has 1 atom stereocenters. The lowest BCUT2D eigenvalue weighted by Crippen LogP contribution is -2.52. The van der Waals surface area contributed by atoms with Crippen LogP contribution < -0.4 is 10.1 Å². The van der Waals surface area contributed by atoms with E-state index in [9.17, 15) is 22.4 Å². The van der Waals surface area contributed by atoms with Crippen LogP contribution in [0.25, 0.3) is 11.4 Å². The quantitative estimate of drug-likeness (QED) is 0.430. The number of amides is 1. The maximum Gasteiger partial charge on any atom is 0.408 e. The Hall–Kier alpha value is -2.98. The number of alkyl carbamates (subject to hydrolysis) is 1. The molecule has 1 N–H and O–H groups in total. The zero-order valence-corrected chi connectivity index (χ0v) is 20.0. The molecule has 0 aliphatic rings. The highest BCUT2D eigenvalue weighted by molar-refractivity contribution is 5.68. The molecule has 0 aliphatic heterocycles. The number of halogens is 4. The van der Waals surface area contributed by atoms with Gasteiger partial charge in [-0.15, -0.1) is 0 Å². The van der Waals surface area contributed by atoms with Crippen molar-refractivity contribution in [2.75, 3.05) is 6.61 Å². The third kappa shape index (κ3) is 8.11. The first-order valence-electron chi connectivity index (χ1n) is 10.7. The summed E-state index contributed by atoms with van der Waals surface area (Å²) in [5.41, 5.74) is -2.34. The number of pyridine rings is 1. The molecule has 1 amide bonds. The Morgan fingerprint density at radius 2 is 1.65 bits per heavy atom. The van der Waals surface area contributed by atoms with Crippen molar-refractivity contribution in [1.29, 1.82) is 0 Å². The Morgan fingerprint density at radius 1 is 1.00 bits per heavy atom. The van der Waals surface area contributed by atoms with Gasteiger partial charge in [-0.3, -0.25) is 0 Å². The number of hydrogen-bond acceptors (Lipinski definition) is 6. The molecule has 7 nitrogen and oxygen atoms in total. The number of alkyl halides is 4. The van der Waals surface area contributed by atoms with E-state index < -0.39 is 41.6 Å². The molecule has 0 unspecified atom stereocenters. The molecule has 0 spiro atoms. The van der Waals surface area contributed by atoms with Crippen molar-refractivity contribution in [2.45, 2.75) is 72.0 Å². The van der Waals surface area contributed by atoms with E-state index in [0.717, 1.165) is 6.20 Å². The monoisotopic (exact) mass is 486 g/mol. The van der Waals surface area contributed by atoms with E-state index in [0.29, 0.717) is 6.42 Å². The summed E-state index contributed by atoms with van der Waals surface area (Å²) in [6.45, 7) is 10.7. The molecule has 0 saturated heterocycles. The topological polar surface area (TPSA) is 86.2 Å². The second kappa shape index (κ2) is 11.0. The number of nitrogens with zero attached hydrogens (tertiary/aromatic N) is 3. The maximum atomic E-state index is 13.8. The van der Waals surface area contributed by atoms with Crippen LogP contribution in [-0.4, -0.2) is 38.8 Å². The standard InChI is InChI=1S/C23H30F4N4O3/c1-13(2)11-23(6,31-21(32)34-22(3,4)5)12-33-16-8-7-14(29-17(16)18(24)25)15-9-10-28-20(30-15)19(26)27/h7-10,13,18-19H,11-12H2,1-6H3,(H,31,32)/t23-/m0/s1. The predicted molar refractivity (Wildman–Crippen MR) is 118 cm³/mol. The first kappa shape index (κ1) is 27.3. The fourth-order valence-corrected chi connectivity index (χ4v) is 3.34. The molecule has 2 heterocycles. The summed E-state index contributed by atoms with van der Waals surface area (Å²) in [6, 6.07) is 3.92. The Balaban J connectivity index is 2.28. The van der Waals surface area contributed by atoms with Gasteiger partial charge in [-0.2, -0.15) is 0 Å². The number of carbonyl (C=O) groups excluding carboxylic acids is 1. The molecule has 0 saturated carbocycles. The van der Waals surface area contributed by atoms with Gasteiger partial charge in [-0.05, 0) is 58.2 Å². The summed E-state index contributed by atoms with van der Waals surface area (Å²) in [6.07, 6.45) is -4.97. The van der Waals surface area contributed by atoms with E-state index in [2.05, 4.69) is 20.3 Å². The Morgan fingerprint density at radius 3 is 2.21 bits per heavy atom. The highest BCUT2D eigenvalue weighted by Crippen LogP contribution is 2.31. The first-order chi connectivity index (χ1) is 15.7. The summed E-state index contributed by atoms with van der Waals surface area (Å²) in [4.78, 5) is 23.4. The minimum Gasteiger partial charge on any atom is -0.489 e. The van der Waals surface area contributed by atoms with E-state index in [1.165, 1.54) is 18.2 Å². The van der Waals surface area contributed by atoms with Crippen molar-refractivity contribution in [3.05, 3.63) is 35.9 Å². The molecule has 11 heteroatoms. The summed E-state index contributed by atoms with van der Waals surface area (Å²) >= 11 is 0. The molecular formula is C23H30F4N4O3. The summed E-state index contributed by atoms with van der Waals surface area (Å²) in [5, 5.41) is 2.77. The second-order valence-electron chi connectivity index (χ2n) is 9.56. The average Bonchev–Trinajstić information content (AvgIpc) is 2.70. The van der Waals surface area contributed by atoms with Crippen LogP contribution >= 0.6 is 0 Å². The van der Waals surface area contributed by atoms with Gasteiger partial charge in [0.2, 0.25) is 0 Å². The zero-order valence-electron chi connectivity index (χ0n) is 20.0. The van der Waals surface area contributed by atoms with Crippen molar-refractivity contribution in [2.24, 2.45) is 5.92 Å². The van der Waals surface area contributed by atoms with E-state index in [1.54, 1.807) is 27.7 Å². The Labute approximate surface area is 196 Å². The minimum atomic E-state index is -3.00. The first-order valence-corrected chi connectivity index (χ1v) is 10.7.